The summed E-state index contributed by atoms with van der Waals surface area (Å²) in [6, 6.07) is 5.88. The Labute approximate surface area is 110 Å². The van der Waals surface area contributed by atoms with Crippen molar-refractivity contribution in [1.29, 1.82) is 0 Å². The monoisotopic (exact) mass is 272 g/mol. The number of carboxylic acids is 1. The third-order valence-electron chi connectivity index (χ3n) is 2.72. The molecule has 100 valence electrons. The highest BCUT2D eigenvalue weighted by molar-refractivity contribution is 6.03. The van der Waals surface area contributed by atoms with Crippen molar-refractivity contribution < 1.29 is 15.0 Å². The van der Waals surface area contributed by atoms with Gasteiger partial charge in [0.1, 0.15) is 11.4 Å². The third kappa shape index (κ3) is 1.70. The van der Waals surface area contributed by atoms with Gasteiger partial charge in [-0.2, -0.15) is 9.78 Å². The molecule has 8 heteroatoms. The molecule has 0 unspecified atom stereocenters. The summed E-state index contributed by atoms with van der Waals surface area (Å²) < 4.78 is 1.17. The predicted molar refractivity (Wildman–Crippen MR) is 68.1 cm³/mol. The minimum atomic E-state index is -1.31. The van der Waals surface area contributed by atoms with Crippen LogP contribution in [0, 0.1) is 0 Å². The number of rotatable bonds is 2. The Morgan fingerprint density at radius 2 is 2.15 bits per heavy atom. The second kappa shape index (κ2) is 4.19. The molecule has 0 aliphatic rings. The molecule has 3 heterocycles. The van der Waals surface area contributed by atoms with Crippen molar-refractivity contribution in [2.24, 2.45) is 0 Å². The van der Waals surface area contributed by atoms with Crippen LogP contribution in [0.3, 0.4) is 0 Å². The molecule has 3 N–H and O–H groups in total. The molecule has 0 atom stereocenters. The fourth-order valence-electron chi connectivity index (χ4n) is 1.92. The summed E-state index contributed by atoms with van der Waals surface area (Å²) in [5.74, 6) is -1.43. The Morgan fingerprint density at radius 3 is 2.80 bits per heavy atom. The van der Waals surface area contributed by atoms with E-state index in [4.69, 9.17) is 5.11 Å². The van der Waals surface area contributed by atoms with Crippen molar-refractivity contribution in [3.63, 3.8) is 0 Å². The Bertz CT molecular complexity index is 866. The normalized spacial score (nSPS) is 10.8. The van der Waals surface area contributed by atoms with Crippen molar-refractivity contribution in [3.8, 4) is 11.6 Å². The van der Waals surface area contributed by atoms with Crippen LogP contribution in [0.25, 0.3) is 16.9 Å². The number of aromatic nitrogens is 4. The molecule has 20 heavy (non-hydrogen) atoms. The summed E-state index contributed by atoms with van der Waals surface area (Å²) in [6.07, 6.45) is 1.50. The van der Waals surface area contributed by atoms with Crippen molar-refractivity contribution in [2.45, 2.75) is 0 Å². The maximum atomic E-state index is 11.4. The van der Waals surface area contributed by atoms with Crippen molar-refractivity contribution >= 4 is 17.0 Å². The number of fused-ring (bicyclic) bond motifs is 1. The molecule has 0 spiro atoms. The number of hydrogen-bond donors (Lipinski definition) is 3. The molecule has 0 saturated heterocycles. The minimum Gasteiger partial charge on any atom is -0.507 e. The largest absolute Gasteiger partial charge is 0.507 e. The molecule has 0 amide bonds. The Morgan fingerprint density at radius 1 is 1.35 bits per heavy atom. The van der Waals surface area contributed by atoms with Gasteiger partial charge in [-0.15, -0.1) is 0 Å². The number of H-pyrrole nitrogens is 1. The van der Waals surface area contributed by atoms with Crippen LogP contribution in [-0.4, -0.2) is 35.9 Å². The van der Waals surface area contributed by atoms with Gasteiger partial charge in [0, 0.05) is 12.3 Å². The molecule has 0 bridgehead atoms. The summed E-state index contributed by atoms with van der Waals surface area (Å²) in [6.45, 7) is 0. The maximum absolute atomic E-state index is 11.4. The van der Waals surface area contributed by atoms with E-state index in [0.717, 1.165) is 6.07 Å². The van der Waals surface area contributed by atoms with Gasteiger partial charge in [-0.05, 0) is 12.1 Å². The van der Waals surface area contributed by atoms with Gasteiger partial charge in [-0.25, -0.2) is 9.78 Å². The highest BCUT2D eigenvalue weighted by Crippen LogP contribution is 2.26. The minimum absolute atomic E-state index is 0.0391. The number of pyridine rings is 2. The molecule has 0 radical (unpaired) electrons. The fourth-order valence-corrected chi connectivity index (χ4v) is 1.92. The summed E-state index contributed by atoms with van der Waals surface area (Å²) in [4.78, 5) is 29.1. The summed E-state index contributed by atoms with van der Waals surface area (Å²) in [5.41, 5.74) is -0.852. The lowest BCUT2D eigenvalue weighted by Crippen LogP contribution is -2.07. The van der Waals surface area contributed by atoms with Gasteiger partial charge in [0.25, 0.3) is 5.56 Å². The number of hydrogen-bond acceptors (Lipinski definition) is 5. The van der Waals surface area contributed by atoms with E-state index in [2.05, 4.69) is 15.1 Å². The van der Waals surface area contributed by atoms with Gasteiger partial charge in [-0.1, -0.05) is 6.07 Å². The number of nitrogens with zero attached hydrogens (tertiary/aromatic N) is 3. The first-order valence-electron chi connectivity index (χ1n) is 5.57. The Hall–Kier alpha value is -3.16. The molecule has 8 nitrogen and oxygen atoms in total. The van der Waals surface area contributed by atoms with E-state index < -0.39 is 17.3 Å². The average Bonchev–Trinajstić information content (AvgIpc) is 2.79. The van der Waals surface area contributed by atoms with Crippen molar-refractivity contribution in [1.82, 2.24) is 19.7 Å². The van der Waals surface area contributed by atoms with Crippen LogP contribution >= 0.6 is 0 Å². The van der Waals surface area contributed by atoms with Gasteiger partial charge in [0.2, 0.25) is 0 Å². The molecule has 0 aromatic carbocycles. The highest BCUT2D eigenvalue weighted by Gasteiger charge is 2.21. The van der Waals surface area contributed by atoms with Gasteiger partial charge in [0.05, 0.1) is 5.39 Å². The van der Waals surface area contributed by atoms with Gasteiger partial charge < -0.3 is 15.2 Å². The van der Waals surface area contributed by atoms with Crippen LogP contribution in [0.15, 0.2) is 35.3 Å². The number of carbonyl (C=O) groups is 1. The third-order valence-corrected chi connectivity index (χ3v) is 2.72. The maximum Gasteiger partial charge on any atom is 0.357 e. The SMILES string of the molecule is O=C(O)c1nn(-c2ccccn2)c2[nH]c(=O)cc(O)c12. The summed E-state index contributed by atoms with van der Waals surface area (Å²) >= 11 is 0. The number of carboxylic acid groups (broad SMARTS) is 1. The summed E-state index contributed by atoms with van der Waals surface area (Å²) in [5, 5.41) is 22.8. The average molecular weight is 272 g/mol. The highest BCUT2D eigenvalue weighted by atomic mass is 16.4. The van der Waals surface area contributed by atoms with Crippen LogP contribution in [-0.2, 0) is 0 Å². The molecule has 3 aromatic heterocycles. The first-order valence-corrected chi connectivity index (χ1v) is 5.57. The van der Waals surface area contributed by atoms with E-state index in [0.29, 0.717) is 5.82 Å². The van der Waals surface area contributed by atoms with Gasteiger partial charge in [0.15, 0.2) is 11.5 Å². The molecule has 0 aliphatic heterocycles. The molecule has 3 aromatic rings. The van der Waals surface area contributed by atoms with Crippen LogP contribution in [0.4, 0.5) is 0 Å². The molecule has 0 aliphatic carbocycles. The molecule has 0 fully saturated rings. The smallest absolute Gasteiger partial charge is 0.357 e. The summed E-state index contributed by atoms with van der Waals surface area (Å²) in [7, 11) is 0. The molecular weight excluding hydrogens is 264 g/mol. The quantitative estimate of drug-likeness (QED) is 0.625. The zero-order valence-electron chi connectivity index (χ0n) is 9.94. The second-order valence-corrected chi connectivity index (χ2v) is 4.00. The van der Waals surface area contributed by atoms with Crippen LogP contribution < -0.4 is 5.56 Å². The van der Waals surface area contributed by atoms with Crippen LogP contribution in [0.2, 0.25) is 0 Å². The van der Waals surface area contributed by atoms with Crippen LogP contribution in [0.5, 0.6) is 5.75 Å². The number of aromatic hydroxyl groups is 1. The van der Waals surface area contributed by atoms with E-state index in [-0.39, 0.29) is 16.7 Å². The van der Waals surface area contributed by atoms with E-state index in [9.17, 15) is 14.7 Å². The van der Waals surface area contributed by atoms with E-state index in [1.807, 2.05) is 0 Å². The fraction of sp³-hybridized carbons (Fsp3) is 0. The molecular formula is C12H8N4O4. The lowest BCUT2D eigenvalue weighted by atomic mass is 10.2. The standard InChI is InChI=1S/C12H8N4O4/c17-6-5-8(18)14-11-9(6)10(12(19)20)15-16(11)7-3-1-2-4-13-7/h1-5H,(H,19,20)(H2,14,17,18). The topological polar surface area (TPSA) is 121 Å². The first-order chi connectivity index (χ1) is 9.58. The Balaban J connectivity index is 2.45. The predicted octanol–water partition coefficient (Wildman–Crippen LogP) is 0.513. The molecule has 0 saturated carbocycles. The number of aromatic carboxylic acids is 1. The second-order valence-electron chi connectivity index (χ2n) is 4.00. The van der Waals surface area contributed by atoms with Gasteiger partial charge in [-0.3, -0.25) is 4.79 Å². The molecule has 3 rings (SSSR count). The van der Waals surface area contributed by atoms with E-state index >= 15 is 0 Å². The van der Waals surface area contributed by atoms with Crippen molar-refractivity contribution in [3.05, 3.63) is 46.5 Å². The van der Waals surface area contributed by atoms with Crippen molar-refractivity contribution in [2.75, 3.05) is 0 Å². The van der Waals surface area contributed by atoms with Crippen LogP contribution in [0.1, 0.15) is 10.5 Å². The Kier molecular flexibility index (Phi) is 2.50. The van der Waals surface area contributed by atoms with E-state index in [1.54, 1.807) is 18.2 Å². The zero-order valence-corrected chi connectivity index (χ0v) is 9.94. The van der Waals surface area contributed by atoms with Gasteiger partial charge >= 0.3 is 5.97 Å². The number of nitrogens with one attached hydrogen (secondary N) is 1. The lowest BCUT2D eigenvalue weighted by molar-refractivity contribution is 0.0691. The number of aromatic amines is 1. The van der Waals surface area contributed by atoms with E-state index in [1.165, 1.54) is 10.9 Å². The first kappa shape index (κ1) is 11.9. The zero-order chi connectivity index (χ0) is 14.3. The lowest BCUT2D eigenvalue weighted by Gasteiger charge is -2.01.